The van der Waals surface area contributed by atoms with Crippen LogP contribution in [0.2, 0.25) is 0 Å². The van der Waals surface area contributed by atoms with Gasteiger partial charge in [-0.2, -0.15) is 11.8 Å². The van der Waals surface area contributed by atoms with Crippen LogP contribution in [0.3, 0.4) is 0 Å². The molecule has 0 atom stereocenters. The van der Waals surface area contributed by atoms with E-state index in [1.807, 2.05) is 0 Å². The van der Waals surface area contributed by atoms with Crippen molar-refractivity contribution in [2.45, 2.75) is 12.8 Å². The molecule has 1 fully saturated rings. The number of hydrogen-bond donors (Lipinski definition) is 1. The van der Waals surface area contributed by atoms with Gasteiger partial charge in [-0.15, -0.1) is 0 Å². The summed E-state index contributed by atoms with van der Waals surface area (Å²) in [6, 6.07) is 6.68. The standard InChI is InChI=1S/C14H19NOS/c1-2-14-13(3-5-16-14)7-11(1)4-6-17-10-12-8-15-9-12/h1-2,7,12,15H,3-6,8-10H2. The predicted octanol–water partition coefficient (Wildman–Crippen LogP) is 2.12. The number of aryl methyl sites for hydroxylation is 1. The number of ether oxygens (including phenoxy) is 1. The lowest BCUT2D eigenvalue weighted by molar-refractivity contribution is 0.357. The van der Waals surface area contributed by atoms with Crippen molar-refractivity contribution in [1.82, 2.24) is 5.32 Å². The summed E-state index contributed by atoms with van der Waals surface area (Å²) >= 11 is 2.09. The molecule has 2 nitrogen and oxygen atoms in total. The van der Waals surface area contributed by atoms with Gasteiger partial charge in [-0.05, 0) is 54.1 Å². The Bertz CT molecular complexity index is 390. The minimum atomic E-state index is 0.863. The quantitative estimate of drug-likeness (QED) is 0.808. The number of benzene rings is 1. The maximum atomic E-state index is 5.52. The lowest BCUT2D eigenvalue weighted by Gasteiger charge is -2.26. The third-order valence-electron chi connectivity index (χ3n) is 3.51. The highest BCUT2D eigenvalue weighted by atomic mass is 32.2. The van der Waals surface area contributed by atoms with Gasteiger partial charge in [0.25, 0.3) is 0 Å². The van der Waals surface area contributed by atoms with E-state index in [1.165, 1.54) is 42.1 Å². The van der Waals surface area contributed by atoms with Crippen LogP contribution in [0.5, 0.6) is 5.75 Å². The Morgan fingerprint density at radius 1 is 1.35 bits per heavy atom. The number of hydrogen-bond acceptors (Lipinski definition) is 3. The third kappa shape index (κ3) is 2.78. The smallest absolute Gasteiger partial charge is 0.122 e. The summed E-state index contributed by atoms with van der Waals surface area (Å²) in [6.07, 6.45) is 2.28. The molecule has 17 heavy (non-hydrogen) atoms. The van der Waals surface area contributed by atoms with Gasteiger partial charge in [0.1, 0.15) is 5.75 Å². The molecule has 92 valence electrons. The molecule has 3 rings (SSSR count). The molecule has 0 radical (unpaired) electrons. The number of thioether (sulfide) groups is 1. The van der Waals surface area contributed by atoms with E-state index in [0.717, 1.165) is 24.7 Å². The molecule has 1 N–H and O–H groups in total. The van der Waals surface area contributed by atoms with Crippen LogP contribution in [0.15, 0.2) is 18.2 Å². The first-order chi connectivity index (χ1) is 8.42. The van der Waals surface area contributed by atoms with Gasteiger partial charge < -0.3 is 10.1 Å². The largest absolute Gasteiger partial charge is 0.493 e. The molecule has 0 amide bonds. The Kier molecular flexibility index (Phi) is 3.57. The summed E-state index contributed by atoms with van der Waals surface area (Å²) in [4.78, 5) is 0. The zero-order chi connectivity index (χ0) is 11.5. The van der Waals surface area contributed by atoms with Gasteiger partial charge in [0.2, 0.25) is 0 Å². The van der Waals surface area contributed by atoms with Crippen LogP contribution < -0.4 is 10.1 Å². The van der Waals surface area contributed by atoms with Crippen LogP contribution in [-0.4, -0.2) is 31.2 Å². The molecule has 2 aliphatic heterocycles. The fourth-order valence-corrected chi connectivity index (χ4v) is 3.42. The first-order valence-electron chi connectivity index (χ1n) is 6.45. The highest BCUT2D eigenvalue weighted by Gasteiger charge is 2.16. The number of fused-ring (bicyclic) bond motifs is 1. The summed E-state index contributed by atoms with van der Waals surface area (Å²) in [5.74, 6) is 4.59. The average Bonchev–Trinajstić information content (AvgIpc) is 2.73. The first kappa shape index (κ1) is 11.4. The van der Waals surface area contributed by atoms with Gasteiger partial charge in [0, 0.05) is 6.42 Å². The number of nitrogens with one attached hydrogen (secondary N) is 1. The normalized spacial score (nSPS) is 18.6. The monoisotopic (exact) mass is 249 g/mol. The van der Waals surface area contributed by atoms with Crippen LogP contribution in [0.1, 0.15) is 11.1 Å². The summed E-state index contributed by atoms with van der Waals surface area (Å²) in [5.41, 5.74) is 2.86. The highest BCUT2D eigenvalue weighted by molar-refractivity contribution is 7.99. The zero-order valence-electron chi connectivity index (χ0n) is 10.1. The minimum absolute atomic E-state index is 0.863. The van der Waals surface area contributed by atoms with Crippen LogP contribution in [0, 0.1) is 5.92 Å². The second kappa shape index (κ2) is 5.32. The highest BCUT2D eigenvalue weighted by Crippen LogP contribution is 2.26. The Labute approximate surface area is 107 Å². The molecule has 0 unspecified atom stereocenters. The molecule has 0 spiro atoms. The zero-order valence-corrected chi connectivity index (χ0v) is 10.9. The third-order valence-corrected chi connectivity index (χ3v) is 4.71. The van der Waals surface area contributed by atoms with E-state index < -0.39 is 0 Å². The second-order valence-electron chi connectivity index (χ2n) is 4.89. The van der Waals surface area contributed by atoms with Gasteiger partial charge in [0.15, 0.2) is 0 Å². The molecule has 3 heteroatoms. The van der Waals surface area contributed by atoms with Crippen molar-refractivity contribution < 1.29 is 4.74 Å². The fraction of sp³-hybridized carbons (Fsp3) is 0.571. The number of rotatable bonds is 5. The maximum absolute atomic E-state index is 5.52. The summed E-state index contributed by atoms with van der Waals surface area (Å²) in [5, 5.41) is 3.32. The van der Waals surface area contributed by atoms with E-state index >= 15 is 0 Å². The summed E-state index contributed by atoms with van der Waals surface area (Å²) < 4.78 is 5.52. The topological polar surface area (TPSA) is 21.3 Å². The molecule has 0 saturated carbocycles. The van der Waals surface area contributed by atoms with E-state index in [2.05, 4.69) is 35.3 Å². The van der Waals surface area contributed by atoms with Gasteiger partial charge in [0.05, 0.1) is 6.61 Å². The summed E-state index contributed by atoms with van der Waals surface area (Å²) in [6.45, 7) is 3.31. The summed E-state index contributed by atoms with van der Waals surface area (Å²) in [7, 11) is 0. The Morgan fingerprint density at radius 2 is 2.29 bits per heavy atom. The van der Waals surface area contributed by atoms with Crippen molar-refractivity contribution in [3.8, 4) is 5.75 Å². The minimum Gasteiger partial charge on any atom is -0.493 e. The first-order valence-corrected chi connectivity index (χ1v) is 7.60. The Hall–Kier alpha value is -0.670. The molecule has 2 aliphatic rings. The van der Waals surface area contributed by atoms with Crippen LogP contribution in [0.4, 0.5) is 0 Å². The lowest BCUT2D eigenvalue weighted by atomic mass is 10.1. The van der Waals surface area contributed by atoms with E-state index in [-0.39, 0.29) is 0 Å². The Balaban J connectivity index is 1.44. The van der Waals surface area contributed by atoms with Crippen LogP contribution in [-0.2, 0) is 12.8 Å². The predicted molar refractivity (Wildman–Crippen MR) is 73.0 cm³/mol. The van der Waals surface area contributed by atoms with Crippen LogP contribution >= 0.6 is 11.8 Å². The SMILES string of the molecule is c1cc2c(cc1CCSCC1CNC1)CCO2. The molecule has 1 aromatic carbocycles. The van der Waals surface area contributed by atoms with Gasteiger partial charge in [-0.25, -0.2) is 0 Å². The molecular weight excluding hydrogens is 230 g/mol. The molecule has 0 bridgehead atoms. The fourth-order valence-electron chi connectivity index (χ4n) is 2.30. The van der Waals surface area contributed by atoms with E-state index in [9.17, 15) is 0 Å². The van der Waals surface area contributed by atoms with Crippen molar-refractivity contribution in [3.05, 3.63) is 29.3 Å². The maximum Gasteiger partial charge on any atom is 0.122 e. The average molecular weight is 249 g/mol. The molecule has 1 aromatic rings. The van der Waals surface area contributed by atoms with E-state index in [1.54, 1.807) is 0 Å². The van der Waals surface area contributed by atoms with E-state index in [4.69, 9.17) is 4.74 Å². The van der Waals surface area contributed by atoms with Crippen LogP contribution in [0.25, 0.3) is 0 Å². The van der Waals surface area contributed by atoms with Gasteiger partial charge in [-0.1, -0.05) is 12.1 Å². The molecule has 1 saturated heterocycles. The molecule has 0 aliphatic carbocycles. The van der Waals surface area contributed by atoms with Crippen molar-refractivity contribution in [3.63, 3.8) is 0 Å². The van der Waals surface area contributed by atoms with Crippen molar-refractivity contribution in [2.75, 3.05) is 31.2 Å². The molecule has 2 heterocycles. The van der Waals surface area contributed by atoms with Crippen molar-refractivity contribution >= 4 is 11.8 Å². The van der Waals surface area contributed by atoms with Crippen molar-refractivity contribution in [1.29, 1.82) is 0 Å². The second-order valence-corrected chi connectivity index (χ2v) is 6.04. The Morgan fingerprint density at radius 3 is 3.12 bits per heavy atom. The van der Waals surface area contributed by atoms with Gasteiger partial charge in [-0.3, -0.25) is 0 Å². The van der Waals surface area contributed by atoms with E-state index in [0.29, 0.717) is 0 Å². The van der Waals surface area contributed by atoms with Crippen molar-refractivity contribution in [2.24, 2.45) is 5.92 Å². The lowest BCUT2D eigenvalue weighted by Crippen LogP contribution is -2.43. The molecule has 0 aromatic heterocycles. The molecular formula is C14H19NOS. The van der Waals surface area contributed by atoms with Gasteiger partial charge >= 0.3 is 0 Å².